The Morgan fingerprint density at radius 2 is 1.94 bits per heavy atom. The molecule has 2 unspecified atom stereocenters. The van der Waals surface area contributed by atoms with Gasteiger partial charge in [-0.2, -0.15) is 0 Å². The van der Waals surface area contributed by atoms with Gasteiger partial charge in [0.05, 0.1) is 12.7 Å². The van der Waals surface area contributed by atoms with Crippen molar-refractivity contribution in [3.05, 3.63) is 35.4 Å². The second kappa shape index (κ2) is 5.39. The van der Waals surface area contributed by atoms with Crippen molar-refractivity contribution in [2.24, 2.45) is 5.73 Å². The van der Waals surface area contributed by atoms with Crippen molar-refractivity contribution in [2.45, 2.75) is 44.5 Å². The molecule has 1 heterocycles. The van der Waals surface area contributed by atoms with Crippen LogP contribution in [0.2, 0.25) is 0 Å². The minimum absolute atomic E-state index is 0.488. The van der Waals surface area contributed by atoms with E-state index in [9.17, 15) is 0 Å². The molecule has 18 heavy (non-hydrogen) atoms. The van der Waals surface area contributed by atoms with Crippen molar-refractivity contribution in [3.8, 4) is 0 Å². The van der Waals surface area contributed by atoms with Crippen molar-refractivity contribution in [1.29, 1.82) is 0 Å². The first-order valence-electron chi connectivity index (χ1n) is 7.00. The van der Waals surface area contributed by atoms with E-state index in [0.717, 1.165) is 19.7 Å². The second-order valence-electron chi connectivity index (χ2n) is 5.40. The first-order valence-corrected chi connectivity index (χ1v) is 7.00. The van der Waals surface area contributed by atoms with Crippen LogP contribution in [0.1, 0.15) is 30.4 Å². The lowest BCUT2D eigenvalue weighted by Crippen LogP contribution is -2.47. The fourth-order valence-electron chi connectivity index (χ4n) is 3.22. The fourth-order valence-corrected chi connectivity index (χ4v) is 3.22. The monoisotopic (exact) mass is 246 g/mol. The van der Waals surface area contributed by atoms with E-state index < -0.39 is 0 Å². The van der Waals surface area contributed by atoms with Crippen molar-refractivity contribution < 1.29 is 4.74 Å². The van der Waals surface area contributed by atoms with E-state index in [4.69, 9.17) is 10.5 Å². The largest absolute Gasteiger partial charge is 0.375 e. The average Bonchev–Trinajstić information content (AvgIpc) is 2.89. The Kier molecular flexibility index (Phi) is 3.64. The van der Waals surface area contributed by atoms with E-state index >= 15 is 0 Å². The van der Waals surface area contributed by atoms with Gasteiger partial charge < -0.3 is 10.5 Å². The summed E-state index contributed by atoms with van der Waals surface area (Å²) >= 11 is 0. The Bertz CT molecular complexity index is 390. The SMILES string of the molecule is NCc1ccc(CN2CCOC3CCCC32)cc1. The predicted octanol–water partition coefficient (Wildman–Crippen LogP) is 1.90. The van der Waals surface area contributed by atoms with Crippen LogP contribution in [0.15, 0.2) is 24.3 Å². The number of fused-ring (bicyclic) bond motifs is 1. The van der Waals surface area contributed by atoms with Crippen LogP contribution in [0.25, 0.3) is 0 Å². The number of rotatable bonds is 3. The average molecular weight is 246 g/mol. The molecule has 3 rings (SSSR count). The number of benzene rings is 1. The van der Waals surface area contributed by atoms with Crippen LogP contribution in [-0.4, -0.2) is 30.2 Å². The lowest BCUT2D eigenvalue weighted by molar-refractivity contribution is -0.0588. The molecule has 1 saturated heterocycles. The van der Waals surface area contributed by atoms with Crippen molar-refractivity contribution >= 4 is 0 Å². The van der Waals surface area contributed by atoms with Gasteiger partial charge in [-0.1, -0.05) is 24.3 Å². The third-order valence-electron chi connectivity index (χ3n) is 4.24. The summed E-state index contributed by atoms with van der Waals surface area (Å²) in [5, 5.41) is 0. The smallest absolute Gasteiger partial charge is 0.0731 e. The summed E-state index contributed by atoms with van der Waals surface area (Å²) in [6, 6.07) is 9.35. The predicted molar refractivity (Wildman–Crippen MR) is 72.1 cm³/mol. The Labute approximate surface area is 109 Å². The van der Waals surface area contributed by atoms with Crippen LogP contribution in [0, 0.1) is 0 Å². The molecule has 98 valence electrons. The van der Waals surface area contributed by atoms with Gasteiger partial charge >= 0.3 is 0 Å². The summed E-state index contributed by atoms with van der Waals surface area (Å²) in [6.45, 7) is 3.64. The van der Waals surface area contributed by atoms with Gasteiger partial charge in [0.2, 0.25) is 0 Å². The lowest BCUT2D eigenvalue weighted by Gasteiger charge is -2.37. The summed E-state index contributed by atoms with van der Waals surface area (Å²) in [5.41, 5.74) is 8.22. The first-order chi connectivity index (χ1) is 8.86. The molecule has 1 aliphatic carbocycles. The zero-order chi connectivity index (χ0) is 12.4. The van der Waals surface area contributed by atoms with E-state index in [2.05, 4.69) is 29.2 Å². The van der Waals surface area contributed by atoms with Crippen LogP contribution >= 0.6 is 0 Å². The molecule has 2 atom stereocenters. The van der Waals surface area contributed by atoms with E-state index in [0.29, 0.717) is 18.7 Å². The van der Waals surface area contributed by atoms with Gasteiger partial charge in [-0.25, -0.2) is 0 Å². The maximum absolute atomic E-state index is 5.85. The summed E-state index contributed by atoms with van der Waals surface area (Å²) in [7, 11) is 0. The molecule has 2 aliphatic rings. The van der Waals surface area contributed by atoms with Crippen molar-refractivity contribution in [2.75, 3.05) is 13.2 Å². The summed E-state index contributed by atoms with van der Waals surface area (Å²) in [4.78, 5) is 2.60. The molecule has 0 radical (unpaired) electrons. The van der Waals surface area contributed by atoms with Crippen LogP contribution in [0.5, 0.6) is 0 Å². The fraction of sp³-hybridized carbons (Fsp3) is 0.600. The minimum atomic E-state index is 0.488. The standard InChI is InChI=1S/C15H22N2O/c16-10-12-4-6-13(7-5-12)11-17-8-9-18-15-3-1-2-14(15)17/h4-7,14-15H,1-3,8-11,16H2. The van der Waals surface area contributed by atoms with Gasteiger partial charge in [0, 0.05) is 25.7 Å². The molecule has 0 spiro atoms. The number of nitrogens with zero attached hydrogens (tertiary/aromatic N) is 1. The van der Waals surface area contributed by atoms with E-state index in [1.165, 1.54) is 30.4 Å². The first kappa shape index (κ1) is 12.2. The number of hydrogen-bond acceptors (Lipinski definition) is 3. The van der Waals surface area contributed by atoms with Gasteiger partial charge in [0.15, 0.2) is 0 Å². The molecule has 1 aliphatic heterocycles. The van der Waals surface area contributed by atoms with Gasteiger partial charge in [-0.15, -0.1) is 0 Å². The Morgan fingerprint density at radius 3 is 2.72 bits per heavy atom. The topological polar surface area (TPSA) is 38.5 Å². The van der Waals surface area contributed by atoms with Gasteiger partial charge in [-0.05, 0) is 30.4 Å². The third-order valence-corrected chi connectivity index (χ3v) is 4.24. The Morgan fingerprint density at radius 1 is 1.17 bits per heavy atom. The highest BCUT2D eigenvalue weighted by molar-refractivity contribution is 5.22. The van der Waals surface area contributed by atoms with Gasteiger partial charge in [-0.3, -0.25) is 4.90 Å². The molecule has 2 fully saturated rings. The second-order valence-corrected chi connectivity index (χ2v) is 5.40. The van der Waals surface area contributed by atoms with E-state index in [1.807, 2.05) is 0 Å². The Balaban J connectivity index is 1.67. The van der Waals surface area contributed by atoms with Crippen LogP contribution in [-0.2, 0) is 17.8 Å². The zero-order valence-electron chi connectivity index (χ0n) is 10.8. The molecule has 3 heteroatoms. The summed E-state index contributed by atoms with van der Waals surface area (Å²) in [5.74, 6) is 0. The Hall–Kier alpha value is -0.900. The maximum Gasteiger partial charge on any atom is 0.0731 e. The van der Waals surface area contributed by atoms with Crippen LogP contribution < -0.4 is 5.73 Å². The number of nitrogens with two attached hydrogens (primary N) is 1. The molecule has 2 N–H and O–H groups in total. The third kappa shape index (κ3) is 2.44. The van der Waals surface area contributed by atoms with E-state index in [-0.39, 0.29) is 0 Å². The molecule has 0 bridgehead atoms. The summed E-state index contributed by atoms with van der Waals surface area (Å²) in [6.07, 6.45) is 4.35. The van der Waals surface area contributed by atoms with Gasteiger partial charge in [0.25, 0.3) is 0 Å². The molecule has 1 aromatic carbocycles. The number of morpholine rings is 1. The zero-order valence-corrected chi connectivity index (χ0v) is 10.8. The molecular formula is C15H22N2O. The maximum atomic E-state index is 5.85. The molecule has 3 nitrogen and oxygen atoms in total. The minimum Gasteiger partial charge on any atom is -0.375 e. The highest BCUT2D eigenvalue weighted by atomic mass is 16.5. The summed E-state index contributed by atoms with van der Waals surface area (Å²) < 4.78 is 5.85. The quantitative estimate of drug-likeness (QED) is 0.885. The molecule has 0 aromatic heterocycles. The number of ether oxygens (including phenoxy) is 1. The van der Waals surface area contributed by atoms with Crippen molar-refractivity contribution in [1.82, 2.24) is 4.90 Å². The molecule has 0 amide bonds. The highest BCUT2D eigenvalue weighted by Gasteiger charge is 2.35. The molecular weight excluding hydrogens is 224 g/mol. The van der Waals surface area contributed by atoms with Crippen molar-refractivity contribution in [3.63, 3.8) is 0 Å². The normalized spacial score (nSPS) is 28.3. The highest BCUT2D eigenvalue weighted by Crippen LogP contribution is 2.30. The lowest BCUT2D eigenvalue weighted by atomic mass is 10.1. The van der Waals surface area contributed by atoms with Crippen LogP contribution in [0.4, 0.5) is 0 Å². The number of hydrogen-bond donors (Lipinski definition) is 1. The van der Waals surface area contributed by atoms with E-state index in [1.54, 1.807) is 0 Å². The van der Waals surface area contributed by atoms with Gasteiger partial charge in [0.1, 0.15) is 0 Å². The molecule has 1 aromatic rings. The van der Waals surface area contributed by atoms with Crippen LogP contribution in [0.3, 0.4) is 0 Å². The molecule has 1 saturated carbocycles.